The van der Waals surface area contributed by atoms with Gasteiger partial charge in [0, 0.05) is 5.02 Å². The lowest BCUT2D eigenvalue weighted by molar-refractivity contribution is 0.259. The topological polar surface area (TPSA) is 66.4 Å². The summed E-state index contributed by atoms with van der Waals surface area (Å²) in [6, 6.07) is 6.05. The normalized spacial score (nSPS) is 13.7. The minimum absolute atomic E-state index is 0.0168. The second kappa shape index (κ2) is 5.63. The molecule has 0 aliphatic carbocycles. The van der Waals surface area contributed by atoms with Crippen LogP contribution in [0.1, 0.15) is 18.5 Å². The van der Waals surface area contributed by atoms with Gasteiger partial charge in [-0.25, -0.2) is 13.1 Å². The SMILES string of the molecule is CCS(=O)(=O)NC(CO)c1ccc(Cl)cc1. The van der Waals surface area contributed by atoms with Gasteiger partial charge in [-0.05, 0) is 24.6 Å². The van der Waals surface area contributed by atoms with Gasteiger partial charge in [-0.1, -0.05) is 23.7 Å². The Balaban J connectivity index is 2.87. The Labute approximate surface area is 100 Å². The van der Waals surface area contributed by atoms with E-state index >= 15 is 0 Å². The maximum atomic E-state index is 11.4. The van der Waals surface area contributed by atoms with Crippen molar-refractivity contribution in [3.8, 4) is 0 Å². The van der Waals surface area contributed by atoms with Crippen molar-refractivity contribution in [1.29, 1.82) is 0 Å². The first kappa shape index (κ1) is 13.4. The molecule has 1 aromatic rings. The second-order valence-corrected chi connectivity index (χ2v) is 5.79. The predicted octanol–water partition coefficient (Wildman–Crippen LogP) is 1.31. The van der Waals surface area contributed by atoms with Crippen LogP contribution in [0, 0.1) is 0 Å². The van der Waals surface area contributed by atoms with Crippen LogP contribution in [0.3, 0.4) is 0 Å². The quantitative estimate of drug-likeness (QED) is 0.842. The van der Waals surface area contributed by atoms with Crippen molar-refractivity contribution in [3.63, 3.8) is 0 Å². The minimum Gasteiger partial charge on any atom is -0.394 e. The Morgan fingerprint density at radius 3 is 2.38 bits per heavy atom. The van der Waals surface area contributed by atoms with Gasteiger partial charge in [-0.3, -0.25) is 0 Å². The summed E-state index contributed by atoms with van der Waals surface area (Å²) in [6.45, 7) is 1.25. The van der Waals surface area contributed by atoms with E-state index in [4.69, 9.17) is 16.7 Å². The zero-order valence-electron chi connectivity index (χ0n) is 8.85. The van der Waals surface area contributed by atoms with Crippen LogP contribution in [0.2, 0.25) is 5.02 Å². The molecule has 0 spiro atoms. The first-order valence-electron chi connectivity index (χ1n) is 4.85. The maximum Gasteiger partial charge on any atom is 0.211 e. The summed E-state index contributed by atoms with van der Waals surface area (Å²) in [5.74, 6) is -0.0168. The van der Waals surface area contributed by atoms with Crippen LogP contribution >= 0.6 is 11.6 Å². The van der Waals surface area contributed by atoms with E-state index in [0.717, 1.165) is 0 Å². The highest BCUT2D eigenvalue weighted by Gasteiger charge is 2.16. The minimum atomic E-state index is -3.33. The molecule has 1 aromatic carbocycles. The molecule has 16 heavy (non-hydrogen) atoms. The molecule has 0 aliphatic heterocycles. The van der Waals surface area contributed by atoms with Crippen LogP contribution in [0.15, 0.2) is 24.3 Å². The molecular formula is C10H14ClNO3S. The summed E-state index contributed by atoms with van der Waals surface area (Å²) >= 11 is 5.72. The van der Waals surface area contributed by atoms with Crippen LogP contribution in [0.4, 0.5) is 0 Å². The molecule has 1 unspecified atom stereocenters. The van der Waals surface area contributed by atoms with E-state index in [2.05, 4.69) is 4.72 Å². The molecule has 0 aromatic heterocycles. The van der Waals surface area contributed by atoms with E-state index in [1.807, 2.05) is 0 Å². The van der Waals surface area contributed by atoms with Gasteiger partial charge in [0.1, 0.15) is 0 Å². The molecule has 0 bridgehead atoms. The molecular weight excluding hydrogens is 250 g/mol. The average molecular weight is 264 g/mol. The zero-order valence-corrected chi connectivity index (χ0v) is 10.4. The maximum absolute atomic E-state index is 11.4. The number of aliphatic hydroxyl groups is 1. The van der Waals surface area contributed by atoms with Crippen LogP contribution in [0.5, 0.6) is 0 Å². The van der Waals surface area contributed by atoms with Gasteiger partial charge in [-0.15, -0.1) is 0 Å². The Morgan fingerprint density at radius 2 is 1.94 bits per heavy atom. The molecule has 6 heteroatoms. The summed E-state index contributed by atoms with van der Waals surface area (Å²) in [7, 11) is -3.33. The molecule has 0 saturated heterocycles. The molecule has 0 heterocycles. The van der Waals surface area contributed by atoms with E-state index < -0.39 is 16.1 Å². The highest BCUT2D eigenvalue weighted by molar-refractivity contribution is 7.89. The van der Waals surface area contributed by atoms with E-state index in [0.29, 0.717) is 10.6 Å². The number of nitrogens with one attached hydrogen (secondary N) is 1. The van der Waals surface area contributed by atoms with Crippen LogP contribution in [0.25, 0.3) is 0 Å². The molecule has 90 valence electrons. The summed E-state index contributed by atoms with van der Waals surface area (Å²) in [4.78, 5) is 0. The first-order valence-corrected chi connectivity index (χ1v) is 6.88. The second-order valence-electron chi connectivity index (χ2n) is 3.31. The van der Waals surface area contributed by atoms with Crippen molar-refractivity contribution in [3.05, 3.63) is 34.9 Å². The molecule has 0 radical (unpaired) electrons. The van der Waals surface area contributed by atoms with Crippen molar-refractivity contribution in [2.75, 3.05) is 12.4 Å². The number of sulfonamides is 1. The van der Waals surface area contributed by atoms with Crippen molar-refractivity contribution in [2.24, 2.45) is 0 Å². The summed E-state index contributed by atoms with van der Waals surface area (Å²) in [5.41, 5.74) is 0.684. The molecule has 2 N–H and O–H groups in total. The van der Waals surface area contributed by atoms with Gasteiger partial charge in [-0.2, -0.15) is 0 Å². The molecule has 4 nitrogen and oxygen atoms in total. The van der Waals surface area contributed by atoms with Gasteiger partial charge in [0.2, 0.25) is 10.0 Å². The third-order valence-corrected chi connectivity index (χ3v) is 3.81. The smallest absolute Gasteiger partial charge is 0.211 e. The highest BCUT2D eigenvalue weighted by atomic mass is 35.5. The lowest BCUT2D eigenvalue weighted by Gasteiger charge is -2.16. The number of aliphatic hydroxyl groups excluding tert-OH is 1. The molecule has 1 atom stereocenters. The highest BCUT2D eigenvalue weighted by Crippen LogP contribution is 2.16. The lowest BCUT2D eigenvalue weighted by Crippen LogP contribution is -2.31. The Bertz CT molecular complexity index is 430. The number of rotatable bonds is 5. The van der Waals surface area contributed by atoms with Crippen LogP contribution in [-0.2, 0) is 10.0 Å². The third kappa shape index (κ3) is 3.75. The zero-order chi connectivity index (χ0) is 12.2. The number of halogens is 1. The molecule has 0 fully saturated rings. The fourth-order valence-electron chi connectivity index (χ4n) is 1.21. The lowest BCUT2D eigenvalue weighted by atomic mass is 10.1. The van der Waals surface area contributed by atoms with Crippen molar-refractivity contribution in [2.45, 2.75) is 13.0 Å². The van der Waals surface area contributed by atoms with E-state index in [9.17, 15) is 8.42 Å². The van der Waals surface area contributed by atoms with Gasteiger partial charge in [0.15, 0.2) is 0 Å². The van der Waals surface area contributed by atoms with Crippen molar-refractivity contribution < 1.29 is 13.5 Å². The monoisotopic (exact) mass is 263 g/mol. The number of hydrogen-bond donors (Lipinski definition) is 2. The summed E-state index contributed by atoms with van der Waals surface area (Å²) in [6.07, 6.45) is 0. The largest absolute Gasteiger partial charge is 0.394 e. The summed E-state index contributed by atoms with van der Waals surface area (Å²) in [5, 5.41) is 9.72. The third-order valence-electron chi connectivity index (χ3n) is 2.16. The fourth-order valence-corrected chi connectivity index (χ4v) is 2.14. The standard InChI is InChI=1S/C10H14ClNO3S/c1-2-16(14,15)12-10(7-13)8-3-5-9(11)6-4-8/h3-6,10,12-13H,2,7H2,1H3. The number of benzene rings is 1. The Kier molecular flexibility index (Phi) is 4.73. The Morgan fingerprint density at radius 1 is 1.38 bits per heavy atom. The molecule has 0 amide bonds. The van der Waals surface area contributed by atoms with Gasteiger partial charge >= 0.3 is 0 Å². The number of hydrogen-bond acceptors (Lipinski definition) is 3. The molecule has 0 saturated carbocycles. The fraction of sp³-hybridized carbons (Fsp3) is 0.400. The summed E-state index contributed by atoms with van der Waals surface area (Å²) < 4.78 is 25.1. The van der Waals surface area contributed by atoms with Crippen LogP contribution < -0.4 is 4.72 Å². The van der Waals surface area contributed by atoms with Gasteiger partial charge in [0.05, 0.1) is 18.4 Å². The first-order chi connectivity index (χ1) is 7.48. The van der Waals surface area contributed by atoms with Crippen molar-refractivity contribution in [1.82, 2.24) is 4.72 Å². The van der Waals surface area contributed by atoms with Crippen molar-refractivity contribution >= 4 is 21.6 Å². The van der Waals surface area contributed by atoms with Gasteiger partial charge < -0.3 is 5.11 Å². The molecule has 1 rings (SSSR count). The van der Waals surface area contributed by atoms with E-state index in [1.165, 1.54) is 0 Å². The van der Waals surface area contributed by atoms with Crippen LogP contribution in [-0.4, -0.2) is 25.9 Å². The Hall–Kier alpha value is -0.620. The average Bonchev–Trinajstić information content (AvgIpc) is 2.27. The van der Waals surface area contributed by atoms with Gasteiger partial charge in [0.25, 0.3) is 0 Å². The van der Waals surface area contributed by atoms with E-state index in [1.54, 1.807) is 31.2 Å². The van der Waals surface area contributed by atoms with E-state index in [-0.39, 0.29) is 12.4 Å². The molecule has 0 aliphatic rings. The predicted molar refractivity (Wildman–Crippen MR) is 63.9 cm³/mol.